The third-order valence-electron chi connectivity index (χ3n) is 2.18. The number of rotatable bonds is 3. The molecular weight excluding hydrogens is 325 g/mol. The second kappa shape index (κ2) is 5.52. The number of aromatic hydroxyl groups is 1. The Morgan fingerprint density at radius 1 is 1.10 bits per heavy atom. The third kappa shape index (κ3) is 3.63. The fourth-order valence-corrected chi connectivity index (χ4v) is 2.49. The van der Waals surface area contributed by atoms with Crippen LogP contribution in [-0.4, -0.2) is 35.0 Å². The van der Waals surface area contributed by atoms with E-state index in [-0.39, 0.29) is 40.5 Å². The average Bonchev–Trinajstić information content (AvgIpc) is 2.58. The van der Waals surface area contributed by atoms with Gasteiger partial charge in [0.15, 0.2) is 11.5 Å². The van der Waals surface area contributed by atoms with Gasteiger partial charge in [-0.15, -0.1) is 0 Å². The van der Waals surface area contributed by atoms with Crippen molar-refractivity contribution in [1.82, 2.24) is 3.97 Å². The number of phenols is 1. The van der Waals surface area contributed by atoms with Crippen molar-refractivity contribution in [3.05, 3.63) is 24.4 Å². The summed E-state index contributed by atoms with van der Waals surface area (Å²) in [5.74, 6) is -1.31. The molecule has 3 N–H and O–H groups in total. The van der Waals surface area contributed by atoms with E-state index in [9.17, 15) is 21.9 Å². The molecule has 9 nitrogen and oxygen atoms in total. The third-order valence-corrected chi connectivity index (χ3v) is 3.38. The molecule has 0 unspecified atom stereocenters. The molecule has 0 aliphatic rings. The molecule has 0 aliphatic heterocycles. The first-order chi connectivity index (χ1) is 8.58. The molecule has 0 fully saturated rings. The van der Waals surface area contributed by atoms with Crippen molar-refractivity contribution in [2.75, 3.05) is 0 Å². The van der Waals surface area contributed by atoms with Gasteiger partial charge in [0.2, 0.25) is 0 Å². The number of benzene rings is 1. The van der Waals surface area contributed by atoms with Gasteiger partial charge in [-0.25, -0.2) is 3.97 Å². The van der Waals surface area contributed by atoms with Crippen molar-refractivity contribution in [2.24, 2.45) is 0 Å². The average molecular weight is 332 g/mol. The maximum absolute atomic E-state index is 11.0. The minimum atomic E-state index is -4.88. The van der Waals surface area contributed by atoms with Gasteiger partial charge in [0, 0.05) is 17.6 Å². The first-order valence-corrected chi connectivity index (χ1v) is 7.33. The van der Waals surface area contributed by atoms with Crippen LogP contribution in [0.1, 0.15) is 0 Å². The molecule has 0 saturated carbocycles. The monoisotopic (exact) mass is 332 g/mol. The number of hydrogen-bond acceptors (Lipinski definition) is 6. The summed E-state index contributed by atoms with van der Waals surface area (Å²) in [6.45, 7) is 0. The van der Waals surface area contributed by atoms with Crippen LogP contribution in [0, 0.1) is 0 Å². The van der Waals surface area contributed by atoms with E-state index in [1.54, 1.807) is 0 Å². The second-order valence-electron chi connectivity index (χ2n) is 3.48. The Morgan fingerprint density at radius 2 is 1.70 bits per heavy atom. The number of fused-ring (bicyclic) bond motifs is 1. The van der Waals surface area contributed by atoms with Crippen LogP contribution in [0.15, 0.2) is 24.4 Å². The standard InChI is InChI=1S/C8H7NO8S2.Na/c10-7-3-5-1-2-9(18(11,12)13)6(5)4-8(7)17-19(14,15)16;/h1-4,10H,(H,11,12,13)(H,14,15,16);/q;+1. The van der Waals surface area contributed by atoms with Gasteiger partial charge < -0.3 is 9.29 Å². The van der Waals surface area contributed by atoms with E-state index in [0.717, 1.165) is 18.3 Å². The molecule has 0 aliphatic carbocycles. The molecule has 1 aromatic carbocycles. The fraction of sp³-hybridized carbons (Fsp3) is 0. The topological polar surface area (TPSA) is 143 Å². The number of phenolic OH excluding ortho intramolecular Hbond substituents is 1. The Bertz CT molecular complexity index is 854. The molecule has 0 amide bonds. The Hall–Kier alpha value is -0.820. The maximum atomic E-state index is 11.0. The molecule has 0 atom stereocenters. The summed E-state index contributed by atoms with van der Waals surface area (Å²) in [7, 11) is -9.47. The van der Waals surface area contributed by atoms with Crippen LogP contribution in [0.4, 0.5) is 0 Å². The molecule has 12 heteroatoms. The largest absolute Gasteiger partial charge is 1.00 e. The zero-order valence-corrected chi connectivity index (χ0v) is 13.6. The van der Waals surface area contributed by atoms with Gasteiger partial charge in [-0.2, -0.15) is 16.8 Å². The van der Waals surface area contributed by atoms with E-state index in [2.05, 4.69) is 4.18 Å². The molecule has 1 heterocycles. The minimum Gasteiger partial charge on any atom is -0.504 e. The summed E-state index contributed by atoms with van der Waals surface area (Å²) in [5.41, 5.74) is -0.140. The number of hydrogen-bond donors (Lipinski definition) is 3. The number of aromatic nitrogens is 1. The summed E-state index contributed by atoms with van der Waals surface area (Å²) in [4.78, 5) is 0. The Kier molecular flexibility index (Phi) is 4.76. The fourth-order valence-electron chi connectivity index (χ4n) is 1.51. The van der Waals surface area contributed by atoms with E-state index in [1.807, 2.05) is 0 Å². The van der Waals surface area contributed by atoms with Crippen molar-refractivity contribution >= 4 is 31.6 Å². The van der Waals surface area contributed by atoms with Crippen LogP contribution >= 0.6 is 0 Å². The molecule has 1 aromatic heterocycles. The Morgan fingerprint density at radius 3 is 2.20 bits per heavy atom. The molecule has 20 heavy (non-hydrogen) atoms. The van der Waals surface area contributed by atoms with E-state index in [1.165, 1.54) is 6.07 Å². The zero-order chi connectivity index (χ0) is 14.4. The van der Waals surface area contributed by atoms with Crippen LogP contribution in [0.5, 0.6) is 11.5 Å². The van der Waals surface area contributed by atoms with Crippen molar-refractivity contribution in [3.63, 3.8) is 0 Å². The normalized spacial score (nSPS) is 12.1. The van der Waals surface area contributed by atoms with Gasteiger partial charge in [0.1, 0.15) is 0 Å². The molecule has 0 bridgehead atoms. The van der Waals surface area contributed by atoms with E-state index >= 15 is 0 Å². The van der Waals surface area contributed by atoms with Gasteiger partial charge in [-0.1, -0.05) is 0 Å². The van der Waals surface area contributed by atoms with Crippen LogP contribution < -0.4 is 33.7 Å². The van der Waals surface area contributed by atoms with Crippen molar-refractivity contribution in [3.8, 4) is 11.5 Å². The predicted octanol–water partition coefficient (Wildman–Crippen LogP) is -2.82. The zero-order valence-electron chi connectivity index (χ0n) is 9.96. The molecule has 2 rings (SSSR count). The molecule has 104 valence electrons. The summed E-state index contributed by atoms with van der Waals surface area (Å²) in [5, 5.41) is 9.67. The summed E-state index contributed by atoms with van der Waals surface area (Å²) >= 11 is 0. The molecule has 0 spiro atoms. The first-order valence-electron chi connectivity index (χ1n) is 4.57. The van der Waals surface area contributed by atoms with Gasteiger partial charge in [-0.3, -0.25) is 9.11 Å². The molecular formula is C8H7NNaO8S2+. The smallest absolute Gasteiger partial charge is 0.504 e. The molecule has 2 aromatic rings. The minimum absolute atomic E-state index is 0. The van der Waals surface area contributed by atoms with E-state index in [0.29, 0.717) is 3.97 Å². The Balaban J connectivity index is 0.00000200. The van der Waals surface area contributed by atoms with E-state index in [4.69, 9.17) is 9.11 Å². The van der Waals surface area contributed by atoms with Crippen molar-refractivity contribution < 1.29 is 64.8 Å². The summed E-state index contributed by atoms with van der Waals surface area (Å²) in [6.07, 6.45) is 0.997. The molecule has 0 radical (unpaired) electrons. The van der Waals surface area contributed by atoms with Crippen LogP contribution in [0.2, 0.25) is 0 Å². The van der Waals surface area contributed by atoms with Crippen LogP contribution in [0.25, 0.3) is 10.9 Å². The van der Waals surface area contributed by atoms with Gasteiger partial charge in [0.25, 0.3) is 0 Å². The van der Waals surface area contributed by atoms with E-state index < -0.39 is 32.2 Å². The second-order valence-corrected chi connectivity index (χ2v) is 5.79. The maximum Gasteiger partial charge on any atom is 1.00 e. The van der Waals surface area contributed by atoms with Crippen LogP contribution in [0.3, 0.4) is 0 Å². The van der Waals surface area contributed by atoms with Crippen molar-refractivity contribution in [2.45, 2.75) is 0 Å². The van der Waals surface area contributed by atoms with Gasteiger partial charge in [0.05, 0.1) is 5.52 Å². The quantitative estimate of drug-likeness (QED) is 0.403. The summed E-state index contributed by atoms with van der Waals surface area (Å²) in [6, 6.07) is 3.11. The summed E-state index contributed by atoms with van der Waals surface area (Å²) < 4.78 is 65.1. The number of nitrogens with zero attached hydrogens (tertiary/aromatic N) is 1. The predicted molar refractivity (Wildman–Crippen MR) is 62.7 cm³/mol. The SMILES string of the molecule is O=S(=O)(O)Oc1cc2c(ccn2S(=O)(=O)O)cc1O.[Na+]. The Labute approximate surface area is 135 Å². The van der Waals surface area contributed by atoms with Gasteiger partial charge >= 0.3 is 50.3 Å². The van der Waals surface area contributed by atoms with Crippen LogP contribution in [-0.2, 0) is 20.7 Å². The van der Waals surface area contributed by atoms with Crippen molar-refractivity contribution in [1.29, 1.82) is 0 Å². The first kappa shape index (κ1) is 17.2. The van der Waals surface area contributed by atoms with Gasteiger partial charge in [-0.05, 0) is 12.1 Å². The molecule has 0 saturated heterocycles.